The van der Waals surface area contributed by atoms with Gasteiger partial charge >= 0.3 is 5.97 Å². The summed E-state index contributed by atoms with van der Waals surface area (Å²) in [6.45, 7) is 2.09. The molecule has 5 N–H and O–H groups in total. The minimum absolute atomic E-state index is 0.0571. The third-order valence-corrected chi connectivity index (χ3v) is 6.11. The van der Waals surface area contributed by atoms with E-state index in [1.165, 1.54) is 24.3 Å². The molecule has 0 bridgehead atoms. The van der Waals surface area contributed by atoms with Crippen LogP contribution in [0.15, 0.2) is 54.6 Å². The van der Waals surface area contributed by atoms with Gasteiger partial charge in [-0.3, -0.25) is 15.0 Å². The number of para-hydroxylation sites is 1. The van der Waals surface area contributed by atoms with Gasteiger partial charge in [-0.15, -0.1) is 0 Å². The fourth-order valence-corrected chi connectivity index (χ4v) is 4.23. The van der Waals surface area contributed by atoms with Crippen LogP contribution in [0.4, 0.5) is 24.5 Å². The summed E-state index contributed by atoms with van der Waals surface area (Å²) >= 11 is 0. The number of nitrogen functional groups attached to an aromatic ring is 1. The summed E-state index contributed by atoms with van der Waals surface area (Å²) in [6, 6.07) is 11.8. The molecule has 202 valence electrons. The largest absolute Gasteiger partial charge is 0.481 e. The van der Waals surface area contributed by atoms with Crippen molar-refractivity contribution in [3.05, 3.63) is 89.0 Å². The number of hydrogen-bond acceptors (Lipinski definition) is 5. The van der Waals surface area contributed by atoms with Crippen molar-refractivity contribution >= 4 is 40.1 Å². The maximum atomic E-state index is 14.5. The molecule has 0 fully saturated rings. The molecule has 0 aliphatic carbocycles. The zero-order valence-corrected chi connectivity index (χ0v) is 20.8. The van der Waals surface area contributed by atoms with Gasteiger partial charge in [-0.2, -0.15) is 0 Å². The number of aromatic nitrogens is 2. The highest BCUT2D eigenvalue weighted by molar-refractivity contribution is 6.08. The first kappa shape index (κ1) is 27.2. The van der Waals surface area contributed by atoms with Crippen molar-refractivity contribution in [3.8, 4) is 0 Å². The van der Waals surface area contributed by atoms with Gasteiger partial charge < -0.3 is 25.6 Å². The van der Waals surface area contributed by atoms with Gasteiger partial charge in [-0.05, 0) is 55.5 Å². The van der Waals surface area contributed by atoms with Crippen LogP contribution >= 0.6 is 0 Å². The summed E-state index contributed by atoms with van der Waals surface area (Å²) < 4.78 is 45.4. The molecule has 0 spiro atoms. The van der Waals surface area contributed by atoms with E-state index in [2.05, 4.69) is 10.3 Å². The van der Waals surface area contributed by atoms with Gasteiger partial charge in [-0.25, -0.2) is 18.2 Å². The second kappa shape index (κ2) is 11.3. The highest BCUT2D eigenvalue weighted by Gasteiger charge is 2.25. The number of aliphatic carboxylic acids is 1. The van der Waals surface area contributed by atoms with Crippen molar-refractivity contribution in [2.24, 2.45) is 5.73 Å². The summed E-state index contributed by atoms with van der Waals surface area (Å²) in [4.78, 5) is 29.9. The number of anilines is 2. The molecule has 1 heterocycles. The molecular weight excluding hydrogens is 513 g/mol. The maximum Gasteiger partial charge on any atom is 0.305 e. The highest BCUT2D eigenvalue weighted by atomic mass is 19.1. The van der Waals surface area contributed by atoms with Crippen LogP contribution in [0.3, 0.4) is 0 Å². The summed E-state index contributed by atoms with van der Waals surface area (Å²) in [6.07, 6.45) is -0.522. The lowest BCUT2D eigenvalue weighted by Crippen LogP contribution is -2.34. The lowest BCUT2D eigenvalue weighted by Gasteiger charge is -2.23. The first-order valence-electron chi connectivity index (χ1n) is 11.9. The SMILES string of the molecule is CCn1c(CNc2ccc(C(=N)N)cc2F)nc2cc(C(=O)N(CCC(=O)O)c3c(F)cccc3F)ccc21. The molecule has 0 aliphatic rings. The van der Waals surface area contributed by atoms with Gasteiger partial charge in [0.2, 0.25) is 0 Å². The number of amides is 1. The Morgan fingerprint density at radius 2 is 1.74 bits per heavy atom. The Hall–Kier alpha value is -4.87. The second-order valence-electron chi connectivity index (χ2n) is 8.61. The molecule has 1 aromatic heterocycles. The standard InChI is InChI=1S/C27H25F3N6O3/c1-2-35-22-9-7-16(27(39)36(11-10-24(37)38)25-17(28)4-3-5-18(25)29)13-21(22)34-23(35)14-33-20-8-6-15(26(31)32)12-19(20)30/h3-9,12-13,33H,2,10-11,14H2,1H3,(H3,31,32)(H,37,38). The van der Waals surface area contributed by atoms with E-state index in [1.807, 2.05) is 11.5 Å². The first-order chi connectivity index (χ1) is 18.6. The number of halogens is 3. The molecular formula is C27H25F3N6O3. The van der Waals surface area contributed by atoms with Gasteiger partial charge in [-0.1, -0.05) is 6.07 Å². The molecule has 0 atom stereocenters. The molecule has 39 heavy (non-hydrogen) atoms. The Balaban J connectivity index is 1.65. The molecule has 1 amide bonds. The molecule has 0 radical (unpaired) electrons. The van der Waals surface area contributed by atoms with Gasteiger partial charge in [0.15, 0.2) is 0 Å². The minimum atomic E-state index is -1.23. The number of benzene rings is 3. The highest BCUT2D eigenvalue weighted by Crippen LogP contribution is 2.27. The first-order valence-corrected chi connectivity index (χ1v) is 11.9. The molecule has 3 aromatic carbocycles. The number of rotatable bonds is 10. The lowest BCUT2D eigenvalue weighted by molar-refractivity contribution is -0.136. The molecule has 0 saturated carbocycles. The van der Waals surface area contributed by atoms with E-state index in [-0.39, 0.29) is 29.2 Å². The number of imidazole rings is 1. The van der Waals surface area contributed by atoms with Crippen molar-refractivity contribution < 1.29 is 27.9 Å². The Kier molecular flexibility index (Phi) is 7.84. The number of nitrogens with zero attached hydrogens (tertiary/aromatic N) is 3. The Labute approximate surface area is 221 Å². The van der Waals surface area contributed by atoms with Crippen LogP contribution in [0, 0.1) is 22.9 Å². The van der Waals surface area contributed by atoms with E-state index in [0.717, 1.165) is 29.2 Å². The normalized spacial score (nSPS) is 11.0. The molecule has 4 aromatic rings. The van der Waals surface area contributed by atoms with Crippen LogP contribution in [0.1, 0.15) is 35.1 Å². The summed E-state index contributed by atoms with van der Waals surface area (Å²) in [5.74, 6) is -4.32. The number of carboxylic acids is 1. The predicted molar refractivity (Wildman–Crippen MR) is 140 cm³/mol. The zero-order chi connectivity index (χ0) is 28.3. The van der Waals surface area contributed by atoms with Crippen molar-refractivity contribution in [2.45, 2.75) is 26.4 Å². The number of nitrogens with two attached hydrogens (primary N) is 1. The van der Waals surface area contributed by atoms with Gasteiger partial charge in [0.25, 0.3) is 5.91 Å². The van der Waals surface area contributed by atoms with Crippen molar-refractivity contribution in [3.63, 3.8) is 0 Å². The van der Waals surface area contributed by atoms with E-state index < -0.39 is 48.0 Å². The van der Waals surface area contributed by atoms with Crippen LogP contribution < -0.4 is 16.0 Å². The average molecular weight is 539 g/mol. The van der Waals surface area contributed by atoms with E-state index in [9.17, 15) is 22.8 Å². The number of aryl methyl sites for hydroxylation is 1. The van der Waals surface area contributed by atoms with Crippen LogP contribution in [-0.2, 0) is 17.9 Å². The smallest absolute Gasteiger partial charge is 0.305 e. The number of carbonyl (C=O) groups is 2. The van der Waals surface area contributed by atoms with E-state index in [1.54, 1.807) is 6.07 Å². The van der Waals surface area contributed by atoms with E-state index in [4.69, 9.17) is 16.2 Å². The number of amidine groups is 1. The van der Waals surface area contributed by atoms with E-state index >= 15 is 0 Å². The molecule has 4 rings (SSSR count). The molecule has 12 heteroatoms. The van der Waals surface area contributed by atoms with Gasteiger partial charge in [0.05, 0.1) is 29.7 Å². The number of carbonyl (C=O) groups excluding carboxylic acids is 1. The van der Waals surface area contributed by atoms with Gasteiger partial charge in [0, 0.05) is 24.2 Å². The van der Waals surface area contributed by atoms with Crippen LogP contribution in [0.5, 0.6) is 0 Å². The fourth-order valence-electron chi connectivity index (χ4n) is 4.23. The Morgan fingerprint density at radius 3 is 2.36 bits per heavy atom. The number of hydrogen-bond donors (Lipinski definition) is 4. The van der Waals surface area contributed by atoms with Crippen LogP contribution in [0.2, 0.25) is 0 Å². The minimum Gasteiger partial charge on any atom is -0.481 e. The number of fused-ring (bicyclic) bond motifs is 1. The summed E-state index contributed by atoms with van der Waals surface area (Å²) in [5, 5.41) is 19.5. The molecule has 0 saturated heterocycles. The molecule has 0 unspecified atom stereocenters. The average Bonchev–Trinajstić information content (AvgIpc) is 3.25. The summed E-state index contributed by atoms with van der Waals surface area (Å²) in [7, 11) is 0. The second-order valence-corrected chi connectivity index (χ2v) is 8.61. The monoisotopic (exact) mass is 538 g/mol. The van der Waals surface area contributed by atoms with Crippen LogP contribution in [0.25, 0.3) is 11.0 Å². The Morgan fingerprint density at radius 1 is 1.05 bits per heavy atom. The van der Waals surface area contributed by atoms with Crippen LogP contribution in [-0.4, -0.2) is 38.9 Å². The number of nitrogens with one attached hydrogen (secondary N) is 2. The third-order valence-electron chi connectivity index (χ3n) is 6.11. The van der Waals surface area contributed by atoms with Crippen molar-refractivity contribution in [1.29, 1.82) is 5.41 Å². The molecule has 0 aliphatic heterocycles. The number of carboxylic acid groups (broad SMARTS) is 1. The predicted octanol–water partition coefficient (Wildman–Crippen LogP) is 4.49. The quantitative estimate of drug-likeness (QED) is 0.173. The van der Waals surface area contributed by atoms with Crippen molar-refractivity contribution in [1.82, 2.24) is 9.55 Å². The third kappa shape index (κ3) is 5.69. The maximum absolute atomic E-state index is 14.5. The summed E-state index contributed by atoms with van der Waals surface area (Å²) in [5.41, 5.74) is 6.35. The Bertz CT molecular complexity index is 1570. The zero-order valence-electron chi connectivity index (χ0n) is 20.8. The van der Waals surface area contributed by atoms with Gasteiger partial charge in [0.1, 0.15) is 34.8 Å². The van der Waals surface area contributed by atoms with E-state index in [0.29, 0.717) is 23.4 Å². The molecule has 9 nitrogen and oxygen atoms in total. The lowest BCUT2D eigenvalue weighted by atomic mass is 10.1. The topological polar surface area (TPSA) is 137 Å². The fraction of sp³-hybridized carbons (Fsp3) is 0.185. The van der Waals surface area contributed by atoms with Crippen molar-refractivity contribution in [2.75, 3.05) is 16.8 Å².